The predicted octanol–water partition coefficient (Wildman–Crippen LogP) is -0.896. The van der Waals surface area contributed by atoms with Gasteiger partial charge >= 0.3 is 0 Å². The van der Waals surface area contributed by atoms with Crippen molar-refractivity contribution in [3.8, 4) is 0 Å². The average Bonchev–Trinajstić information content (AvgIpc) is 1.94. The molecule has 11 heavy (non-hydrogen) atoms. The third-order valence-electron chi connectivity index (χ3n) is 2.36. The average molecular weight is 197 g/mol. The van der Waals surface area contributed by atoms with Crippen LogP contribution in [0.2, 0.25) is 0 Å². The van der Waals surface area contributed by atoms with Gasteiger partial charge in [-0.2, -0.15) is 0 Å². The fourth-order valence-corrected chi connectivity index (χ4v) is 1.89. The number of halogens is 2. The first-order valence-corrected chi connectivity index (χ1v) is 4.64. The minimum absolute atomic E-state index is 0. The summed E-state index contributed by atoms with van der Waals surface area (Å²) in [6, 6.07) is 0.770. The molecular formula is C8H16Cl2N-. The minimum atomic E-state index is 0. The molecule has 0 aliphatic carbocycles. The molecular weight excluding hydrogens is 181 g/mol. The fourth-order valence-electron chi connectivity index (χ4n) is 1.63. The molecule has 1 atom stereocenters. The van der Waals surface area contributed by atoms with Crippen LogP contribution in [-0.2, 0) is 0 Å². The van der Waals surface area contributed by atoms with E-state index in [2.05, 4.69) is 11.9 Å². The largest absolute Gasteiger partial charge is 1.00 e. The van der Waals surface area contributed by atoms with Crippen LogP contribution in [0.25, 0.3) is 0 Å². The highest BCUT2D eigenvalue weighted by Crippen LogP contribution is 2.17. The second kappa shape index (κ2) is 6.10. The lowest BCUT2D eigenvalue weighted by molar-refractivity contribution is -0.00000214. The van der Waals surface area contributed by atoms with E-state index in [-0.39, 0.29) is 12.4 Å². The fraction of sp³-hybridized carbons (Fsp3) is 1.00. The Labute approximate surface area is 80.5 Å². The lowest BCUT2D eigenvalue weighted by Gasteiger charge is -2.31. The molecule has 0 saturated carbocycles. The van der Waals surface area contributed by atoms with Crippen molar-refractivity contribution in [3.05, 3.63) is 0 Å². The second-order valence-electron chi connectivity index (χ2n) is 3.11. The van der Waals surface area contributed by atoms with Crippen LogP contribution < -0.4 is 12.4 Å². The van der Waals surface area contributed by atoms with Gasteiger partial charge in [-0.05, 0) is 32.9 Å². The van der Waals surface area contributed by atoms with Crippen molar-refractivity contribution < 1.29 is 12.4 Å². The first-order valence-electron chi connectivity index (χ1n) is 4.11. The predicted molar refractivity (Wildman–Crippen MR) is 45.6 cm³/mol. The molecule has 0 radical (unpaired) electrons. The SMILES string of the molecule is CN1CCCCC1CCCl.[Cl-]. The Kier molecular flexibility index (Phi) is 6.40. The molecule has 0 aromatic carbocycles. The van der Waals surface area contributed by atoms with E-state index in [1.807, 2.05) is 0 Å². The van der Waals surface area contributed by atoms with Gasteiger partial charge in [0.1, 0.15) is 0 Å². The van der Waals surface area contributed by atoms with Crippen molar-refractivity contribution in [2.45, 2.75) is 31.7 Å². The third kappa shape index (κ3) is 3.64. The van der Waals surface area contributed by atoms with Crippen molar-refractivity contribution in [1.29, 1.82) is 0 Å². The molecule has 1 saturated heterocycles. The van der Waals surface area contributed by atoms with Gasteiger partial charge in [0.2, 0.25) is 0 Å². The molecule has 1 fully saturated rings. The Morgan fingerprint density at radius 3 is 2.73 bits per heavy atom. The van der Waals surface area contributed by atoms with Crippen LogP contribution in [0.1, 0.15) is 25.7 Å². The summed E-state index contributed by atoms with van der Waals surface area (Å²) < 4.78 is 0. The smallest absolute Gasteiger partial charge is 0.0238 e. The van der Waals surface area contributed by atoms with Crippen LogP contribution in [0.4, 0.5) is 0 Å². The van der Waals surface area contributed by atoms with Gasteiger partial charge in [-0.3, -0.25) is 0 Å². The number of rotatable bonds is 2. The molecule has 1 nitrogen and oxygen atoms in total. The summed E-state index contributed by atoms with van der Waals surface area (Å²) >= 11 is 5.67. The van der Waals surface area contributed by atoms with Crippen molar-refractivity contribution in [2.75, 3.05) is 19.5 Å². The van der Waals surface area contributed by atoms with Crippen LogP contribution in [0.5, 0.6) is 0 Å². The van der Waals surface area contributed by atoms with E-state index in [9.17, 15) is 0 Å². The first kappa shape index (κ1) is 11.5. The zero-order valence-electron chi connectivity index (χ0n) is 7.02. The van der Waals surface area contributed by atoms with Crippen molar-refractivity contribution in [2.24, 2.45) is 0 Å². The molecule has 1 unspecified atom stereocenters. The zero-order chi connectivity index (χ0) is 7.40. The van der Waals surface area contributed by atoms with Crippen LogP contribution in [0, 0.1) is 0 Å². The van der Waals surface area contributed by atoms with E-state index in [0.717, 1.165) is 18.3 Å². The highest BCUT2D eigenvalue weighted by molar-refractivity contribution is 6.17. The summed E-state index contributed by atoms with van der Waals surface area (Å²) in [5.74, 6) is 0.814. The molecule has 1 heterocycles. The molecule has 1 rings (SSSR count). The Hall–Kier alpha value is 0.540. The molecule has 0 amide bonds. The minimum Gasteiger partial charge on any atom is -1.00 e. The maximum absolute atomic E-state index is 5.67. The van der Waals surface area contributed by atoms with Gasteiger partial charge in [0.25, 0.3) is 0 Å². The van der Waals surface area contributed by atoms with Crippen LogP contribution >= 0.6 is 11.6 Å². The second-order valence-corrected chi connectivity index (χ2v) is 3.49. The Balaban J connectivity index is 0.000001000. The number of piperidine rings is 1. The zero-order valence-corrected chi connectivity index (χ0v) is 8.53. The van der Waals surface area contributed by atoms with E-state index in [1.165, 1.54) is 25.8 Å². The van der Waals surface area contributed by atoms with E-state index in [1.54, 1.807) is 0 Å². The number of hydrogen-bond acceptors (Lipinski definition) is 1. The van der Waals surface area contributed by atoms with Gasteiger partial charge in [0, 0.05) is 11.9 Å². The Morgan fingerprint density at radius 2 is 2.18 bits per heavy atom. The highest BCUT2D eigenvalue weighted by Gasteiger charge is 2.17. The van der Waals surface area contributed by atoms with Gasteiger partial charge in [-0.1, -0.05) is 6.42 Å². The van der Waals surface area contributed by atoms with E-state index >= 15 is 0 Å². The quantitative estimate of drug-likeness (QED) is 0.519. The van der Waals surface area contributed by atoms with E-state index in [4.69, 9.17) is 11.6 Å². The standard InChI is InChI=1S/C8H16ClN.ClH/c1-10-7-3-2-4-8(10)5-6-9;/h8H,2-7H2,1H3;1H/p-1. The molecule has 0 spiro atoms. The summed E-state index contributed by atoms with van der Waals surface area (Å²) in [4.78, 5) is 2.44. The Morgan fingerprint density at radius 1 is 1.45 bits per heavy atom. The van der Waals surface area contributed by atoms with Gasteiger partial charge < -0.3 is 17.3 Å². The molecule has 1 aliphatic rings. The number of hydrogen-bond donors (Lipinski definition) is 0. The van der Waals surface area contributed by atoms with Crippen molar-refractivity contribution in [3.63, 3.8) is 0 Å². The molecule has 0 bridgehead atoms. The van der Waals surface area contributed by atoms with Crippen LogP contribution in [0.3, 0.4) is 0 Å². The lowest BCUT2D eigenvalue weighted by Crippen LogP contribution is -3.00. The molecule has 0 aromatic rings. The monoisotopic (exact) mass is 196 g/mol. The molecule has 0 N–H and O–H groups in total. The lowest BCUT2D eigenvalue weighted by atomic mass is 10.0. The van der Waals surface area contributed by atoms with Crippen molar-refractivity contribution >= 4 is 11.6 Å². The normalized spacial score (nSPS) is 26.2. The first-order chi connectivity index (χ1) is 4.84. The summed E-state index contributed by atoms with van der Waals surface area (Å²) in [5, 5.41) is 0. The summed E-state index contributed by atoms with van der Waals surface area (Å²) in [7, 11) is 2.20. The van der Waals surface area contributed by atoms with Crippen LogP contribution in [-0.4, -0.2) is 30.4 Å². The van der Waals surface area contributed by atoms with Gasteiger partial charge in [0.15, 0.2) is 0 Å². The van der Waals surface area contributed by atoms with Crippen molar-refractivity contribution in [1.82, 2.24) is 4.90 Å². The van der Waals surface area contributed by atoms with Gasteiger partial charge in [0.05, 0.1) is 0 Å². The third-order valence-corrected chi connectivity index (χ3v) is 2.58. The van der Waals surface area contributed by atoms with E-state index in [0.29, 0.717) is 0 Å². The topological polar surface area (TPSA) is 3.24 Å². The van der Waals surface area contributed by atoms with E-state index < -0.39 is 0 Å². The number of nitrogens with zero attached hydrogens (tertiary/aromatic N) is 1. The molecule has 68 valence electrons. The summed E-state index contributed by atoms with van der Waals surface area (Å²) in [6.45, 7) is 1.27. The summed E-state index contributed by atoms with van der Waals surface area (Å²) in [5.41, 5.74) is 0. The Bertz CT molecular complexity index is 96.1. The number of likely N-dealkylation sites (tertiary alicyclic amines) is 1. The highest BCUT2D eigenvalue weighted by atomic mass is 35.5. The number of alkyl halides is 1. The maximum Gasteiger partial charge on any atom is 0.0238 e. The summed E-state index contributed by atoms with van der Waals surface area (Å²) in [6.07, 6.45) is 5.28. The van der Waals surface area contributed by atoms with Gasteiger partial charge in [-0.25, -0.2) is 0 Å². The van der Waals surface area contributed by atoms with Gasteiger partial charge in [-0.15, -0.1) is 11.6 Å². The maximum atomic E-state index is 5.67. The molecule has 3 heteroatoms. The molecule has 0 aromatic heterocycles. The van der Waals surface area contributed by atoms with Crippen LogP contribution in [0.15, 0.2) is 0 Å². The molecule has 1 aliphatic heterocycles.